The van der Waals surface area contributed by atoms with E-state index in [1.807, 2.05) is 22.9 Å². The molecule has 4 rings (SSSR count). The molecule has 3 aromatic rings. The number of nitrogens with zero attached hydrogens (tertiary/aromatic N) is 3. The van der Waals surface area contributed by atoms with Crippen molar-refractivity contribution in [2.45, 2.75) is 26.8 Å². The van der Waals surface area contributed by atoms with Gasteiger partial charge in [-0.2, -0.15) is 0 Å². The Balaban J connectivity index is 1.50. The standard InChI is InChI=1S/C21H23N3OS/c1-14-8-9-15(2)20-19(14)22-21(26-20)23(3)13-18(25)24-11-10-16-6-4-5-7-17(16)12-24/h4-9H,10-13H2,1-3H3. The molecule has 0 aliphatic carbocycles. The van der Waals surface area contributed by atoms with Crippen molar-refractivity contribution in [2.75, 3.05) is 25.0 Å². The summed E-state index contributed by atoms with van der Waals surface area (Å²) in [6, 6.07) is 12.6. The fourth-order valence-corrected chi connectivity index (χ4v) is 4.56. The van der Waals surface area contributed by atoms with Crippen LogP contribution in [0.4, 0.5) is 5.13 Å². The summed E-state index contributed by atoms with van der Waals surface area (Å²) in [6.45, 7) is 6.06. The number of rotatable bonds is 3. The van der Waals surface area contributed by atoms with E-state index < -0.39 is 0 Å². The molecule has 0 saturated carbocycles. The van der Waals surface area contributed by atoms with E-state index in [4.69, 9.17) is 4.98 Å². The van der Waals surface area contributed by atoms with Crippen LogP contribution in [-0.2, 0) is 17.8 Å². The van der Waals surface area contributed by atoms with Crippen LogP contribution in [0.3, 0.4) is 0 Å². The van der Waals surface area contributed by atoms with Crippen molar-refractivity contribution in [3.05, 3.63) is 58.7 Å². The lowest BCUT2D eigenvalue weighted by molar-refractivity contribution is -0.130. The summed E-state index contributed by atoms with van der Waals surface area (Å²) in [5.41, 5.74) is 6.10. The van der Waals surface area contributed by atoms with E-state index in [1.165, 1.54) is 27.0 Å². The van der Waals surface area contributed by atoms with Crippen LogP contribution < -0.4 is 4.90 Å². The molecule has 134 valence electrons. The second-order valence-electron chi connectivity index (χ2n) is 7.06. The maximum atomic E-state index is 12.8. The van der Waals surface area contributed by atoms with Crippen molar-refractivity contribution >= 4 is 32.6 Å². The molecule has 0 bridgehead atoms. The minimum Gasteiger partial charge on any atom is -0.342 e. The molecule has 5 heteroatoms. The smallest absolute Gasteiger partial charge is 0.242 e. The maximum Gasteiger partial charge on any atom is 0.242 e. The van der Waals surface area contributed by atoms with Crippen molar-refractivity contribution in [2.24, 2.45) is 0 Å². The van der Waals surface area contributed by atoms with Gasteiger partial charge in [-0.3, -0.25) is 4.79 Å². The summed E-state index contributed by atoms with van der Waals surface area (Å²) in [7, 11) is 1.96. The molecule has 0 radical (unpaired) electrons. The number of fused-ring (bicyclic) bond motifs is 2. The van der Waals surface area contributed by atoms with Crippen molar-refractivity contribution in [3.8, 4) is 0 Å². The van der Waals surface area contributed by atoms with E-state index in [0.717, 1.165) is 23.6 Å². The van der Waals surface area contributed by atoms with Gasteiger partial charge >= 0.3 is 0 Å². The molecule has 1 aliphatic rings. The number of hydrogen-bond acceptors (Lipinski definition) is 4. The third-order valence-electron chi connectivity index (χ3n) is 5.11. The zero-order valence-corrected chi connectivity index (χ0v) is 16.3. The number of aryl methyl sites for hydroxylation is 2. The van der Waals surface area contributed by atoms with E-state index >= 15 is 0 Å². The first-order chi connectivity index (χ1) is 12.5. The van der Waals surface area contributed by atoms with Crippen LogP contribution in [0.15, 0.2) is 36.4 Å². The van der Waals surface area contributed by atoms with Crippen LogP contribution in [0.1, 0.15) is 22.3 Å². The largest absolute Gasteiger partial charge is 0.342 e. The molecule has 0 spiro atoms. The first-order valence-electron chi connectivity index (χ1n) is 8.95. The molecule has 0 fully saturated rings. The lowest BCUT2D eigenvalue weighted by atomic mass is 10.00. The van der Waals surface area contributed by atoms with Gasteiger partial charge in [-0.25, -0.2) is 4.98 Å². The molecule has 0 saturated heterocycles. The molecular formula is C21H23N3OS. The number of carbonyl (C=O) groups is 1. The first-order valence-corrected chi connectivity index (χ1v) is 9.77. The van der Waals surface area contributed by atoms with Crippen LogP contribution in [0.2, 0.25) is 0 Å². The Morgan fingerprint density at radius 1 is 1.15 bits per heavy atom. The van der Waals surface area contributed by atoms with Gasteiger partial charge in [-0.1, -0.05) is 47.7 Å². The summed E-state index contributed by atoms with van der Waals surface area (Å²) >= 11 is 1.67. The predicted molar refractivity (Wildman–Crippen MR) is 108 cm³/mol. The number of benzene rings is 2. The van der Waals surface area contributed by atoms with Gasteiger partial charge in [-0.05, 0) is 42.5 Å². The zero-order chi connectivity index (χ0) is 18.3. The zero-order valence-electron chi connectivity index (χ0n) is 15.5. The van der Waals surface area contributed by atoms with Crippen LogP contribution in [0, 0.1) is 13.8 Å². The molecule has 4 nitrogen and oxygen atoms in total. The van der Waals surface area contributed by atoms with Crippen molar-refractivity contribution < 1.29 is 4.79 Å². The lowest BCUT2D eigenvalue weighted by Gasteiger charge is -2.30. The predicted octanol–water partition coefficient (Wildman–Crippen LogP) is 3.93. The number of hydrogen-bond donors (Lipinski definition) is 0. The SMILES string of the molecule is Cc1ccc(C)c2sc(N(C)CC(=O)N3CCc4ccccc4C3)nc12. The highest BCUT2D eigenvalue weighted by Gasteiger charge is 2.22. The summed E-state index contributed by atoms with van der Waals surface area (Å²) in [5, 5.41) is 0.906. The Kier molecular flexibility index (Phi) is 4.41. The fraction of sp³-hybridized carbons (Fsp3) is 0.333. The first kappa shape index (κ1) is 17.0. The summed E-state index contributed by atoms with van der Waals surface area (Å²) in [5.74, 6) is 0.162. The molecule has 2 aromatic carbocycles. The monoisotopic (exact) mass is 365 g/mol. The average molecular weight is 366 g/mol. The Morgan fingerprint density at radius 2 is 1.88 bits per heavy atom. The second-order valence-corrected chi connectivity index (χ2v) is 8.04. The van der Waals surface area contributed by atoms with Gasteiger partial charge in [0.25, 0.3) is 0 Å². The number of aromatic nitrogens is 1. The Labute approximate surface area is 158 Å². The molecule has 26 heavy (non-hydrogen) atoms. The van der Waals surface area contributed by atoms with Crippen LogP contribution in [0.5, 0.6) is 0 Å². The topological polar surface area (TPSA) is 36.4 Å². The van der Waals surface area contributed by atoms with E-state index in [-0.39, 0.29) is 5.91 Å². The second kappa shape index (κ2) is 6.72. The summed E-state index contributed by atoms with van der Waals surface area (Å²) in [6.07, 6.45) is 0.936. The van der Waals surface area contributed by atoms with Gasteiger partial charge in [-0.15, -0.1) is 0 Å². The van der Waals surface area contributed by atoms with Gasteiger partial charge in [0.2, 0.25) is 5.91 Å². The Bertz CT molecular complexity index is 940. The molecule has 0 atom stereocenters. The van der Waals surface area contributed by atoms with Crippen molar-refractivity contribution in [1.82, 2.24) is 9.88 Å². The molecule has 0 N–H and O–H groups in total. The number of thiazole rings is 1. The minimum absolute atomic E-state index is 0.162. The molecule has 1 aliphatic heterocycles. The normalized spacial score (nSPS) is 13.7. The van der Waals surface area contributed by atoms with E-state index in [1.54, 1.807) is 11.3 Å². The summed E-state index contributed by atoms with van der Waals surface area (Å²) < 4.78 is 1.21. The quantitative estimate of drug-likeness (QED) is 0.705. The number of carbonyl (C=O) groups excluding carboxylic acids is 1. The highest BCUT2D eigenvalue weighted by atomic mass is 32.1. The Hall–Kier alpha value is -2.40. The van der Waals surface area contributed by atoms with Crippen molar-refractivity contribution in [3.63, 3.8) is 0 Å². The van der Waals surface area contributed by atoms with Gasteiger partial charge in [0.05, 0.1) is 16.8 Å². The number of likely N-dealkylation sites (N-methyl/N-ethyl adjacent to an activating group) is 1. The number of amides is 1. The van der Waals surface area contributed by atoms with Gasteiger partial charge in [0.15, 0.2) is 5.13 Å². The van der Waals surface area contributed by atoms with E-state index in [9.17, 15) is 4.79 Å². The maximum absolute atomic E-state index is 12.8. The molecule has 1 amide bonds. The van der Waals surface area contributed by atoms with Gasteiger partial charge in [0, 0.05) is 20.1 Å². The van der Waals surface area contributed by atoms with Crippen LogP contribution in [0.25, 0.3) is 10.2 Å². The molecular weight excluding hydrogens is 342 g/mol. The third kappa shape index (κ3) is 3.07. The van der Waals surface area contributed by atoms with E-state index in [2.05, 4.69) is 44.2 Å². The van der Waals surface area contributed by atoms with Gasteiger partial charge in [0.1, 0.15) is 0 Å². The number of anilines is 1. The van der Waals surface area contributed by atoms with Crippen molar-refractivity contribution in [1.29, 1.82) is 0 Å². The van der Waals surface area contributed by atoms with Crippen LogP contribution >= 0.6 is 11.3 Å². The highest BCUT2D eigenvalue weighted by Crippen LogP contribution is 2.32. The average Bonchev–Trinajstić information content (AvgIpc) is 3.11. The van der Waals surface area contributed by atoms with Gasteiger partial charge < -0.3 is 9.80 Å². The highest BCUT2D eigenvalue weighted by molar-refractivity contribution is 7.22. The lowest BCUT2D eigenvalue weighted by Crippen LogP contribution is -2.41. The molecule has 1 aromatic heterocycles. The van der Waals surface area contributed by atoms with E-state index in [0.29, 0.717) is 13.1 Å². The molecule has 2 heterocycles. The summed E-state index contributed by atoms with van der Waals surface area (Å²) in [4.78, 5) is 21.5. The Morgan fingerprint density at radius 3 is 2.65 bits per heavy atom. The fourth-order valence-electron chi connectivity index (χ4n) is 3.49. The minimum atomic E-state index is 0.162. The molecule has 0 unspecified atom stereocenters. The third-order valence-corrected chi connectivity index (χ3v) is 6.42. The van der Waals surface area contributed by atoms with Crippen LogP contribution in [-0.4, -0.2) is 35.9 Å².